The lowest BCUT2D eigenvalue weighted by atomic mass is 9.81. The van der Waals surface area contributed by atoms with Gasteiger partial charge in [-0.05, 0) is 31.0 Å². The van der Waals surface area contributed by atoms with E-state index in [0.29, 0.717) is 18.5 Å². The molecule has 0 spiro atoms. The number of hydrogen-bond acceptors (Lipinski definition) is 3. The van der Waals surface area contributed by atoms with E-state index in [1.165, 1.54) is 18.2 Å². The summed E-state index contributed by atoms with van der Waals surface area (Å²) in [4.78, 5) is 25.7. The molecule has 1 aromatic carbocycles. The first-order valence-electron chi connectivity index (χ1n) is 6.37. The van der Waals surface area contributed by atoms with Gasteiger partial charge in [-0.1, -0.05) is 13.8 Å². The average molecular weight is 264 g/mol. The zero-order valence-corrected chi connectivity index (χ0v) is 11.1. The van der Waals surface area contributed by atoms with Crippen LogP contribution in [0, 0.1) is 11.2 Å². The molecule has 2 rings (SSSR count). The predicted octanol–water partition coefficient (Wildman–Crippen LogP) is 2.48. The van der Waals surface area contributed by atoms with Crippen LogP contribution in [0.4, 0.5) is 15.8 Å². The smallest absolute Gasteiger partial charge is 0.240 e. The first kappa shape index (κ1) is 13.5. The van der Waals surface area contributed by atoms with Crippen molar-refractivity contribution in [2.75, 3.05) is 10.6 Å². The number of carbonyl (C=O) groups is 2. The van der Waals surface area contributed by atoms with Crippen molar-refractivity contribution in [1.29, 1.82) is 0 Å². The van der Waals surface area contributed by atoms with Crippen molar-refractivity contribution in [3.63, 3.8) is 0 Å². The number of amides is 2. The van der Waals surface area contributed by atoms with Gasteiger partial charge in [0.15, 0.2) is 0 Å². The van der Waals surface area contributed by atoms with E-state index < -0.39 is 11.2 Å². The molecule has 1 aromatic rings. The van der Waals surface area contributed by atoms with Crippen LogP contribution in [0.25, 0.3) is 0 Å². The molecule has 0 bridgehead atoms. The van der Waals surface area contributed by atoms with E-state index >= 15 is 0 Å². The molecule has 0 saturated carbocycles. The van der Waals surface area contributed by atoms with Crippen molar-refractivity contribution in [2.45, 2.75) is 33.1 Å². The summed E-state index contributed by atoms with van der Waals surface area (Å²) in [5.74, 6) is -1.02. The van der Waals surface area contributed by atoms with E-state index in [-0.39, 0.29) is 23.9 Å². The lowest BCUT2D eigenvalue weighted by Crippen LogP contribution is -2.35. The fraction of sp³-hybridized carbons (Fsp3) is 0.429. The summed E-state index contributed by atoms with van der Waals surface area (Å²) in [6.45, 7) is 3.80. The summed E-state index contributed by atoms with van der Waals surface area (Å²) in [5, 5.41) is 0. The van der Waals surface area contributed by atoms with Gasteiger partial charge >= 0.3 is 0 Å². The summed E-state index contributed by atoms with van der Waals surface area (Å²) in [7, 11) is 0. The van der Waals surface area contributed by atoms with Crippen LogP contribution < -0.4 is 10.6 Å². The van der Waals surface area contributed by atoms with Crippen LogP contribution in [0.15, 0.2) is 18.2 Å². The molecule has 2 N–H and O–H groups in total. The van der Waals surface area contributed by atoms with Crippen molar-refractivity contribution < 1.29 is 14.0 Å². The van der Waals surface area contributed by atoms with Crippen molar-refractivity contribution in [1.82, 2.24) is 0 Å². The largest absolute Gasteiger partial charge is 0.396 e. The molecule has 1 fully saturated rings. The van der Waals surface area contributed by atoms with Gasteiger partial charge in [0.1, 0.15) is 5.82 Å². The number of anilines is 2. The van der Waals surface area contributed by atoms with Crippen LogP contribution in [0.3, 0.4) is 0 Å². The zero-order valence-electron chi connectivity index (χ0n) is 11.1. The van der Waals surface area contributed by atoms with Crippen LogP contribution in [0.2, 0.25) is 0 Å². The Hall–Kier alpha value is -1.91. The van der Waals surface area contributed by atoms with Crippen LogP contribution in [0.5, 0.6) is 0 Å². The van der Waals surface area contributed by atoms with Crippen molar-refractivity contribution in [3.8, 4) is 0 Å². The standard InChI is InChI=1S/C14H17FN2O2/c1-3-14(4-2)8-12(18)17(13(14)19)9-5-6-10(15)11(16)7-9/h5-7H,3-4,8,16H2,1-2H3. The summed E-state index contributed by atoms with van der Waals surface area (Å²) < 4.78 is 13.2. The van der Waals surface area contributed by atoms with Crippen LogP contribution in [-0.4, -0.2) is 11.8 Å². The molecule has 0 unspecified atom stereocenters. The van der Waals surface area contributed by atoms with Gasteiger partial charge in [0, 0.05) is 6.42 Å². The molecule has 4 nitrogen and oxygen atoms in total. The molecule has 0 radical (unpaired) electrons. The number of hydrogen-bond donors (Lipinski definition) is 1. The molecule has 0 aromatic heterocycles. The average Bonchev–Trinajstić information content (AvgIpc) is 2.65. The summed E-state index contributed by atoms with van der Waals surface area (Å²) in [6.07, 6.45) is 1.43. The number of halogens is 1. The van der Waals surface area contributed by atoms with Gasteiger partial charge in [0.25, 0.3) is 0 Å². The number of nitrogens with two attached hydrogens (primary N) is 1. The maximum Gasteiger partial charge on any atom is 0.240 e. The minimum absolute atomic E-state index is 0.0661. The highest BCUT2D eigenvalue weighted by Gasteiger charge is 2.49. The number of imide groups is 1. The number of carbonyl (C=O) groups excluding carboxylic acids is 2. The third-order valence-corrected chi connectivity index (χ3v) is 3.99. The van der Waals surface area contributed by atoms with Crippen molar-refractivity contribution in [2.24, 2.45) is 5.41 Å². The highest BCUT2D eigenvalue weighted by Crippen LogP contribution is 2.41. The first-order chi connectivity index (χ1) is 8.95. The zero-order chi connectivity index (χ0) is 14.2. The fourth-order valence-electron chi connectivity index (χ4n) is 2.53. The second kappa shape index (κ2) is 4.64. The molecule has 1 aliphatic heterocycles. The third-order valence-electron chi connectivity index (χ3n) is 3.99. The normalized spacial score (nSPS) is 18.2. The van der Waals surface area contributed by atoms with E-state index in [1.807, 2.05) is 13.8 Å². The van der Waals surface area contributed by atoms with Crippen molar-refractivity contribution in [3.05, 3.63) is 24.0 Å². The highest BCUT2D eigenvalue weighted by atomic mass is 19.1. The topological polar surface area (TPSA) is 63.4 Å². The number of benzene rings is 1. The third kappa shape index (κ3) is 1.99. The molecule has 1 saturated heterocycles. The number of nitrogens with zero attached hydrogens (tertiary/aromatic N) is 1. The lowest BCUT2D eigenvalue weighted by molar-refractivity contribution is -0.126. The van der Waals surface area contributed by atoms with Crippen LogP contribution in [-0.2, 0) is 9.59 Å². The molecule has 1 heterocycles. The van der Waals surface area contributed by atoms with E-state index in [1.54, 1.807) is 0 Å². The molecular weight excluding hydrogens is 247 g/mol. The fourth-order valence-corrected chi connectivity index (χ4v) is 2.53. The highest BCUT2D eigenvalue weighted by molar-refractivity contribution is 6.22. The minimum Gasteiger partial charge on any atom is -0.396 e. The summed E-state index contributed by atoms with van der Waals surface area (Å²) >= 11 is 0. The van der Waals surface area contributed by atoms with Gasteiger partial charge in [-0.3, -0.25) is 9.59 Å². The quantitative estimate of drug-likeness (QED) is 0.673. The second-order valence-electron chi connectivity index (χ2n) is 4.90. The summed E-state index contributed by atoms with van der Waals surface area (Å²) in [5.41, 5.74) is 5.14. The maximum absolute atomic E-state index is 13.2. The van der Waals surface area contributed by atoms with Crippen LogP contribution >= 0.6 is 0 Å². The molecule has 102 valence electrons. The Morgan fingerprint density at radius 2 is 1.95 bits per heavy atom. The molecule has 5 heteroatoms. The molecular formula is C14H17FN2O2. The maximum atomic E-state index is 13.2. The predicted molar refractivity (Wildman–Crippen MR) is 70.9 cm³/mol. The van der Waals surface area contributed by atoms with Crippen LogP contribution in [0.1, 0.15) is 33.1 Å². The van der Waals surface area contributed by atoms with Gasteiger partial charge < -0.3 is 5.73 Å². The van der Waals surface area contributed by atoms with E-state index in [2.05, 4.69) is 0 Å². The molecule has 19 heavy (non-hydrogen) atoms. The van der Waals surface area contributed by atoms with E-state index in [9.17, 15) is 14.0 Å². The van der Waals surface area contributed by atoms with Gasteiger partial charge in [-0.25, -0.2) is 9.29 Å². The Morgan fingerprint density at radius 1 is 1.32 bits per heavy atom. The first-order valence-corrected chi connectivity index (χ1v) is 6.37. The van der Waals surface area contributed by atoms with Gasteiger partial charge in [0.05, 0.1) is 16.8 Å². The van der Waals surface area contributed by atoms with E-state index in [0.717, 1.165) is 4.90 Å². The van der Waals surface area contributed by atoms with Gasteiger partial charge in [0.2, 0.25) is 11.8 Å². The molecule has 0 aliphatic carbocycles. The van der Waals surface area contributed by atoms with Gasteiger partial charge in [-0.2, -0.15) is 0 Å². The van der Waals surface area contributed by atoms with Gasteiger partial charge in [-0.15, -0.1) is 0 Å². The monoisotopic (exact) mass is 264 g/mol. The molecule has 1 aliphatic rings. The molecule has 0 atom stereocenters. The Labute approximate surface area is 111 Å². The summed E-state index contributed by atoms with van der Waals surface area (Å²) in [6, 6.07) is 3.90. The molecule has 2 amide bonds. The number of rotatable bonds is 3. The Morgan fingerprint density at radius 3 is 2.42 bits per heavy atom. The Kier molecular flexibility index (Phi) is 3.30. The Balaban J connectivity index is 2.43. The lowest BCUT2D eigenvalue weighted by Gasteiger charge is -2.23. The SMILES string of the molecule is CCC1(CC)CC(=O)N(c2ccc(F)c(N)c2)C1=O. The Bertz CT molecular complexity index is 538. The number of nitrogen functional groups attached to an aromatic ring is 1. The van der Waals surface area contributed by atoms with Crippen molar-refractivity contribution >= 4 is 23.2 Å². The van der Waals surface area contributed by atoms with E-state index in [4.69, 9.17) is 5.73 Å². The second-order valence-corrected chi connectivity index (χ2v) is 4.90. The minimum atomic E-state index is -0.625.